The van der Waals surface area contributed by atoms with E-state index >= 15 is 0 Å². The average molecular weight is 539 g/mol. The Bertz CT molecular complexity index is 1120. The molecule has 0 bridgehead atoms. The van der Waals surface area contributed by atoms with Gasteiger partial charge in [0.1, 0.15) is 24.6 Å². The minimum atomic E-state index is -1.43. The van der Waals surface area contributed by atoms with Gasteiger partial charge in [0, 0.05) is 6.42 Å². The summed E-state index contributed by atoms with van der Waals surface area (Å²) in [6.07, 6.45) is 1.42. The molecule has 1 aliphatic rings. The number of hydrogen-bond acceptors (Lipinski definition) is 5. The number of nitrogens with zero attached hydrogens (tertiary/aromatic N) is 4. The summed E-state index contributed by atoms with van der Waals surface area (Å²) >= 11 is 0. The van der Waals surface area contributed by atoms with E-state index in [9.17, 15) is 28.4 Å². The zero-order chi connectivity index (χ0) is 26.1. The summed E-state index contributed by atoms with van der Waals surface area (Å²) in [7, 11) is 0. The van der Waals surface area contributed by atoms with E-state index in [0.717, 1.165) is 40.3 Å². The minimum Gasteiger partial charge on any atom is -0.427 e. The Balaban J connectivity index is 0.00000481. The van der Waals surface area contributed by atoms with Crippen LogP contribution in [0, 0.1) is 11.7 Å². The van der Waals surface area contributed by atoms with Gasteiger partial charge in [-0.15, -0.1) is 0 Å². The van der Waals surface area contributed by atoms with Crippen LogP contribution in [0.15, 0.2) is 53.7 Å². The molecule has 202 valence electrons. The number of unbranched alkanes of at least 4 members (excludes halogenated alkanes) is 1. The van der Waals surface area contributed by atoms with Crippen molar-refractivity contribution in [1.29, 1.82) is 0 Å². The van der Waals surface area contributed by atoms with Crippen molar-refractivity contribution >= 4 is 31.7 Å². The van der Waals surface area contributed by atoms with E-state index in [1.54, 1.807) is 0 Å². The molecule has 9 nitrogen and oxygen atoms in total. The number of likely N-dealkylation sites (tertiary alicyclic amines) is 1. The standard InChI is InChI=1S/C25H30F2N4O5.H2S/c1-2-3-9-19(13-29(17-32)36-16-18-7-5-4-6-8-18)25(34)30-14-21(27)12-22(30)24(33)28-23-11-10-20(26)15-31(23)35;/h4-8,10-11,15,17,19,21-22,35H,2-3,9,12-14,16H2,1H3;1H2/t19-,21-,22+;/m1./s1. The number of pyridine rings is 1. The third-order valence-corrected chi connectivity index (χ3v) is 5.93. The van der Waals surface area contributed by atoms with Crippen molar-refractivity contribution in [2.24, 2.45) is 10.9 Å². The van der Waals surface area contributed by atoms with Gasteiger partial charge in [-0.05, 0) is 24.1 Å². The molecule has 0 unspecified atom stereocenters. The van der Waals surface area contributed by atoms with Gasteiger partial charge in [-0.3, -0.25) is 19.2 Å². The summed E-state index contributed by atoms with van der Waals surface area (Å²) in [6.45, 7) is 1.73. The van der Waals surface area contributed by atoms with E-state index in [4.69, 9.17) is 4.84 Å². The van der Waals surface area contributed by atoms with Gasteiger partial charge in [-0.25, -0.2) is 13.8 Å². The number of amides is 3. The molecule has 0 spiro atoms. The summed E-state index contributed by atoms with van der Waals surface area (Å²) in [5.41, 5.74) is 0.592. The highest BCUT2D eigenvalue weighted by Crippen LogP contribution is 2.26. The van der Waals surface area contributed by atoms with Crippen LogP contribution in [0.3, 0.4) is 0 Å². The quantitative estimate of drug-likeness (QED) is 0.269. The molecule has 0 aliphatic carbocycles. The van der Waals surface area contributed by atoms with Crippen LogP contribution in [0.2, 0.25) is 0 Å². The molecular formula is C25H32F2N4O5S. The van der Waals surface area contributed by atoms with Crippen molar-refractivity contribution in [3.63, 3.8) is 0 Å². The lowest BCUT2D eigenvalue weighted by atomic mass is 9.99. The summed E-state index contributed by atoms with van der Waals surface area (Å²) in [4.78, 5) is 48.5. The Morgan fingerprint density at radius 1 is 1.27 bits per heavy atom. The topological polar surface area (TPSA) is 104 Å². The number of rotatable bonds is 11. The van der Waals surface area contributed by atoms with Gasteiger partial charge in [-0.1, -0.05) is 50.1 Å². The fourth-order valence-corrected chi connectivity index (χ4v) is 4.05. The lowest BCUT2D eigenvalue weighted by Crippen LogP contribution is -2.46. The predicted octanol–water partition coefficient (Wildman–Crippen LogP) is 2.74. The number of carbonyl (C=O) groups excluding carboxylic acids is 3. The molecule has 3 atom stereocenters. The normalized spacial score (nSPS) is 18.2. The first-order valence-electron chi connectivity index (χ1n) is 11.8. The highest BCUT2D eigenvalue weighted by Gasteiger charge is 2.42. The van der Waals surface area contributed by atoms with Crippen LogP contribution in [0.1, 0.15) is 38.2 Å². The summed E-state index contributed by atoms with van der Waals surface area (Å²) in [5, 5.41) is 10.8. The van der Waals surface area contributed by atoms with Gasteiger partial charge < -0.3 is 10.1 Å². The van der Waals surface area contributed by atoms with Gasteiger partial charge in [0.25, 0.3) is 5.91 Å². The first-order chi connectivity index (χ1) is 17.3. The second kappa shape index (κ2) is 14.5. The SMILES string of the molecule is CCCC[C@H](CN(C=O)OCc1ccccc1)C(=O)N1C[C@H](F)C[C@H]1C(=O)N=c1ccc(F)cn1O.S. The fraction of sp³-hybridized carbons (Fsp3) is 0.440. The zero-order valence-corrected chi connectivity index (χ0v) is 21.5. The van der Waals surface area contributed by atoms with Crippen LogP contribution in [0.4, 0.5) is 8.78 Å². The van der Waals surface area contributed by atoms with Crippen LogP contribution in [0.5, 0.6) is 0 Å². The molecule has 1 aromatic carbocycles. The van der Waals surface area contributed by atoms with Crippen molar-refractivity contribution < 1.29 is 33.2 Å². The van der Waals surface area contributed by atoms with Gasteiger partial charge in [-0.2, -0.15) is 23.2 Å². The van der Waals surface area contributed by atoms with Crippen LogP contribution in [-0.2, 0) is 25.8 Å². The highest BCUT2D eigenvalue weighted by atomic mass is 32.1. The molecule has 1 fully saturated rings. The molecule has 37 heavy (non-hydrogen) atoms. The van der Waals surface area contributed by atoms with Crippen LogP contribution >= 0.6 is 13.5 Å². The molecular weight excluding hydrogens is 506 g/mol. The second-order valence-corrected chi connectivity index (χ2v) is 8.64. The molecule has 0 radical (unpaired) electrons. The first kappa shape index (κ1) is 30.0. The Labute approximate surface area is 220 Å². The van der Waals surface area contributed by atoms with Gasteiger partial charge >= 0.3 is 0 Å². The van der Waals surface area contributed by atoms with E-state index in [0.29, 0.717) is 24.0 Å². The molecule has 0 saturated carbocycles. The molecule has 1 N–H and O–H groups in total. The Kier molecular flexibility index (Phi) is 11.7. The average Bonchev–Trinajstić information content (AvgIpc) is 3.27. The van der Waals surface area contributed by atoms with Crippen molar-refractivity contribution in [2.45, 2.75) is 51.4 Å². The Hall–Kier alpha value is -3.25. The molecule has 1 aliphatic heterocycles. The van der Waals surface area contributed by atoms with E-state index in [2.05, 4.69) is 4.99 Å². The lowest BCUT2D eigenvalue weighted by Gasteiger charge is -2.29. The number of halogens is 2. The maximum Gasteiger partial charge on any atom is 0.270 e. The van der Waals surface area contributed by atoms with Gasteiger partial charge in [0.2, 0.25) is 12.3 Å². The number of benzene rings is 1. The van der Waals surface area contributed by atoms with Crippen molar-refractivity contribution in [3.8, 4) is 0 Å². The van der Waals surface area contributed by atoms with Crippen molar-refractivity contribution in [2.75, 3.05) is 13.1 Å². The monoisotopic (exact) mass is 538 g/mol. The summed E-state index contributed by atoms with van der Waals surface area (Å²) in [5.74, 6) is -2.78. The number of hydrogen-bond donors (Lipinski definition) is 1. The fourth-order valence-electron chi connectivity index (χ4n) is 4.05. The van der Waals surface area contributed by atoms with Crippen LogP contribution < -0.4 is 5.49 Å². The van der Waals surface area contributed by atoms with Crippen LogP contribution in [0.25, 0.3) is 0 Å². The zero-order valence-electron chi connectivity index (χ0n) is 20.5. The van der Waals surface area contributed by atoms with Crippen LogP contribution in [-0.4, -0.2) is 63.4 Å². The third kappa shape index (κ3) is 8.39. The third-order valence-electron chi connectivity index (χ3n) is 5.93. The van der Waals surface area contributed by atoms with E-state index < -0.39 is 35.8 Å². The molecule has 2 aromatic rings. The number of aromatic nitrogens is 1. The van der Waals surface area contributed by atoms with Gasteiger partial charge in [0.15, 0.2) is 5.49 Å². The summed E-state index contributed by atoms with van der Waals surface area (Å²) in [6, 6.07) is 10.1. The van der Waals surface area contributed by atoms with E-state index in [-0.39, 0.29) is 45.1 Å². The van der Waals surface area contributed by atoms with E-state index in [1.807, 2.05) is 37.3 Å². The lowest BCUT2D eigenvalue weighted by molar-refractivity contribution is -0.183. The Morgan fingerprint density at radius 3 is 2.65 bits per heavy atom. The van der Waals surface area contributed by atoms with E-state index in [1.165, 1.54) is 0 Å². The number of hydroxylamine groups is 2. The number of carbonyl (C=O) groups is 3. The maximum atomic E-state index is 14.4. The number of alkyl halides is 1. The molecule has 1 saturated heterocycles. The van der Waals surface area contributed by atoms with Gasteiger partial charge in [0.05, 0.1) is 25.2 Å². The Morgan fingerprint density at radius 2 is 2.00 bits per heavy atom. The highest BCUT2D eigenvalue weighted by molar-refractivity contribution is 7.59. The molecule has 12 heteroatoms. The smallest absolute Gasteiger partial charge is 0.270 e. The molecule has 1 aromatic heterocycles. The second-order valence-electron chi connectivity index (χ2n) is 8.64. The molecule has 2 heterocycles. The minimum absolute atomic E-state index is 0. The van der Waals surface area contributed by atoms with Crippen molar-refractivity contribution in [3.05, 3.63) is 65.5 Å². The molecule has 3 rings (SSSR count). The first-order valence-corrected chi connectivity index (χ1v) is 11.8. The predicted molar refractivity (Wildman–Crippen MR) is 135 cm³/mol. The van der Waals surface area contributed by atoms with Crippen molar-refractivity contribution in [1.82, 2.24) is 14.7 Å². The summed E-state index contributed by atoms with van der Waals surface area (Å²) < 4.78 is 28.0. The maximum absolute atomic E-state index is 14.4. The largest absolute Gasteiger partial charge is 0.427 e. The molecule has 3 amide bonds.